The molecule has 0 saturated carbocycles. The molecule has 1 heterocycles. The van der Waals surface area contributed by atoms with E-state index in [1.165, 1.54) is 0 Å². The normalized spacial score (nSPS) is 19.6. The summed E-state index contributed by atoms with van der Waals surface area (Å²) in [6.07, 6.45) is 0.793. The summed E-state index contributed by atoms with van der Waals surface area (Å²) in [5.41, 5.74) is 0.758. The second-order valence-corrected chi connectivity index (χ2v) is 4.56. The number of hydrogen-bond acceptors (Lipinski definition) is 2. The highest BCUT2D eigenvalue weighted by atomic mass is 16.5. The van der Waals surface area contributed by atoms with E-state index in [2.05, 4.69) is 0 Å². The third kappa shape index (κ3) is 1.60. The Bertz CT molecular complexity index is 586. The lowest BCUT2D eigenvalue weighted by atomic mass is 9.93. The van der Waals surface area contributed by atoms with Gasteiger partial charge in [0.25, 0.3) is 0 Å². The van der Waals surface area contributed by atoms with E-state index >= 15 is 0 Å². The van der Waals surface area contributed by atoms with Crippen molar-refractivity contribution in [2.45, 2.75) is 13.3 Å². The number of carbonyl (C=O) groups excluding carboxylic acids is 1. The molecule has 3 rings (SSSR count). The third-order valence-electron chi connectivity index (χ3n) is 3.39. The van der Waals surface area contributed by atoms with Crippen LogP contribution in [-0.4, -0.2) is 12.4 Å². The highest BCUT2D eigenvalue weighted by molar-refractivity contribution is 6.11. The summed E-state index contributed by atoms with van der Waals surface area (Å²) in [6, 6.07) is 11.9. The van der Waals surface area contributed by atoms with Crippen LogP contribution in [-0.2, 0) is 0 Å². The number of rotatable bonds is 0. The first-order valence-corrected chi connectivity index (χ1v) is 5.96. The van der Waals surface area contributed by atoms with Gasteiger partial charge < -0.3 is 4.74 Å². The number of carbonyl (C=O) groups is 1. The predicted octanol–water partition coefficient (Wildman–Crippen LogP) is 3.44. The Hall–Kier alpha value is -1.83. The minimum atomic E-state index is 0.0436. The van der Waals surface area contributed by atoms with Gasteiger partial charge in [-0.25, -0.2) is 0 Å². The number of ketones is 1. The topological polar surface area (TPSA) is 26.3 Å². The van der Waals surface area contributed by atoms with E-state index in [0.717, 1.165) is 28.5 Å². The van der Waals surface area contributed by atoms with E-state index in [-0.39, 0.29) is 11.7 Å². The summed E-state index contributed by atoms with van der Waals surface area (Å²) in [7, 11) is 0. The lowest BCUT2D eigenvalue weighted by molar-refractivity contribution is 0.0928. The molecule has 17 heavy (non-hydrogen) atoms. The zero-order chi connectivity index (χ0) is 11.8. The molecule has 1 aliphatic rings. The Balaban J connectivity index is 2.33. The van der Waals surface area contributed by atoms with E-state index < -0.39 is 0 Å². The number of fused-ring (bicyclic) bond motifs is 3. The predicted molar refractivity (Wildman–Crippen MR) is 67.6 cm³/mol. The molecule has 0 aliphatic carbocycles. The Morgan fingerprint density at radius 2 is 2.00 bits per heavy atom. The highest BCUT2D eigenvalue weighted by Gasteiger charge is 2.24. The average molecular weight is 226 g/mol. The molecule has 2 nitrogen and oxygen atoms in total. The molecular weight excluding hydrogens is 212 g/mol. The highest BCUT2D eigenvalue weighted by Crippen LogP contribution is 2.33. The first-order chi connectivity index (χ1) is 8.27. The molecule has 0 amide bonds. The second kappa shape index (κ2) is 3.88. The molecule has 0 aromatic heterocycles. The van der Waals surface area contributed by atoms with Gasteiger partial charge in [-0.3, -0.25) is 4.79 Å². The van der Waals surface area contributed by atoms with Crippen LogP contribution in [0.1, 0.15) is 23.7 Å². The van der Waals surface area contributed by atoms with Crippen LogP contribution in [0.3, 0.4) is 0 Å². The van der Waals surface area contributed by atoms with E-state index in [9.17, 15) is 4.79 Å². The maximum absolute atomic E-state index is 12.4. The number of benzene rings is 2. The summed E-state index contributed by atoms with van der Waals surface area (Å²) < 4.78 is 5.68. The fraction of sp³-hybridized carbons (Fsp3) is 0.267. The zero-order valence-electron chi connectivity index (χ0n) is 9.77. The van der Waals surface area contributed by atoms with Crippen molar-refractivity contribution < 1.29 is 9.53 Å². The first kappa shape index (κ1) is 10.3. The molecule has 86 valence electrons. The molecule has 2 aromatic rings. The van der Waals surface area contributed by atoms with Gasteiger partial charge in [0.1, 0.15) is 5.75 Å². The molecule has 1 aliphatic heterocycles. The number of ether oxygens (including phenoxy) is 1. The zero-order valence-corrected chi connectivity index (χ0v) is 9.77. The number of Topliss-reactive ketones (excluding diaryl/α,β-unsaturated/α-hetero) is 1. The van der Waals surface area contributed by atoms with E-state index in [0.29, 0.717) is 6.61 Å². The van der Waals surface area contributed by atoms with Gasteiger partial charge in [-0.15, -0.1) is 0 Å². The average Bonchev–Trinajstić information content (AvgIpc) is 2.50. The van der Waals surface area contributed by atoms with E-state index in [1.54, 1.807) is 0 Å². The second-order valence-electron chi connectivity index (χ2n) is 4.56. The Labute approximate surface area is 100 Å². The molecule has 1 atom stereocenters. The minimum absolute atomic E-state index is 0.0436. The molecule has 2 aromatic carbocycles. The minimum Gasteiger partial charge on any atom is -0.493 e. The fourth-order valence-corrected chi connectivity index (χ4v) is 2.35. The lowest BCUT2D eigenvalue weighted by Gasteiger charge is -2.10. The monoisotopic (exact) mass is 226 g/mol. The van der Waals surface area contributed by atoms with Crippen LogP contribution in [0.25, 0.3) is 10.8 Å². The number of hydrogen-bond donors (Lipinski definition) is 0. The van der Waals surface area contributed by atoms with Gasteiger partial charge in [0.2, 0.25) is 0 Å². The van der Waals surface area contributed by atoms with Crippen molar-refractivity contribution in [3.8, 4) is 5.75 Å². The van der Waals surface area contributed by atoms with Gasteiger partial charge in [-0.1, -0.05) is 37.3 Å². The van der Waals surface area contributed by atoms with Gasteiger partial charge >= 0.3 is 0 Å². The standard InChI is InChI=1S/C15H14O2/c1-10-8-9-17-13-7-6-11-4-2-3-5-12(11)14(13)15(10)16/h2-7,10H,8-9H2,1H3. The van der Waals surface area contributed by atoms with Crippen LogP contribution < -0.4 is 4.74 Å². The maximum atomic E-state index is 12.4. The Kier molecular flexibility index (Phi) is 2.36. The Morgan fingerprint density at radius 1 is 1.18 bits per heavy atom. The molecule has 0 fully saturated rings. The van der Waals surface area contributed by atoms with Crippen LogP contribution in [0.4, 0.5) is 0 Å². The molecule has 0 bridgehead atoms. The fourth-order valence-electron chi connectivity index (χ4n) is 2.35. The van der Waals surface area contributed by atoms with Crippen molar-refractivity contribution in [3.63, 3.8) is 0 Å². The largest absolute Gasteiger partial charge is 0.493 e. The van der Waals surface area contributed by atoms with E-state index in [1.807, 2.05) is 43.3 Å². The summed E-state index contributed by atoms with van der Waals surface area (Å²) in [5, 5.41) is 2.10. The summed E-state index contributed by atoms with van der Waals surface area (Å²) >= 11 is 0. The van der Waals surface area contributed by atoms with E-state index in [4.69, 9.17) is 4.74 Å². The van der Waals surface area contributed by atoms with Gasteiger partial charge in [0.15, 0.2) is 5.78 Å². The van der Waals surface area contributed by atoms with Gasteiger partial charge in [-0.05, 0) is 23.3 Å². The van der Waals surface area contributed by atoms with Crippen molar-refractivity contribution in [2.75, 3.05) is 6.61 Å². The molecule has 0 N–H and O–H groups in total. The van der Waals surface area contributed by atoms with Gasteiger partial charge in [0.05, 0.1) is 12.2 Å². The van der Waals surface area contributed by atoms with Crippen molar-refractivity contribution >= 4 is 16.6 Å². The smallest absolute Gasteiger partial charge is 0.170 e. The maximum Gasteiger partial charge on any atom is 0.170 e. The molecule has 2 heteroatoms. The van der Waals surface area contributed by atoms with Crippen LogP contribution in [0.15, 0.2) is 36.4 Å². The van der Waals surface area contributed by atoms with Crippen LogP contribution >= 0.6 is 0 Å². The van der Waals surface area contributed by atoms with Crippen molar-refractivity contribution in [2.24, 2.45) is 5.92 Å². The summed E-state index contributed by atoms with van der Waals surface area (Å²) in [6.45, 7) is 2.60. The van der Waals surface area contributed by atoms with Crippen molar-refractivity contribution in [1.29, 1.82) is 0 Å². The van der Waals surface area contributed by atoms with Gasteiger partial charge in [0, 0.05) is 5.92 Å². The van der Waals surface area contributed by atoms with Crippen molar-refractivity contribution in [3.05, 3.63) is 42.0 Å². The van der Waals surface area contributed by atoms with Crippen LogP contribution in [0.5, 0.6) is 5.75 Å². The lowest BCUT2D eigenvalue weighted by Crippen LogP contribution is -2.10. The Morgan fingerprint density at radius 3 is 2.88 bits per heavy atom. The summed E-state index contributed by atoms with van der Waals surface area (Å²) in [5.74, 6) is 0.981. The summed E-state index contributed by atoms with van der Waals surface area (Å²) in [4.78, 5) is 12.4. The molecule has 0 radical (unpaired) electrons. The molecular formula is C15H14O2. The van der Waals surface area contributed by atoms with Crippen LogP contribution in [0, 0.1) is 5.92 Å². The van der Waals surface area contributed by atoms with Crippen molar-refractivity contribution in [1.82, 2.24) is 0 Å². The quantitative estimate of drug-likeness (QED) is 0.687. The SMILES string of the molecule is CC1CCOc2ccc3ccccc3c2C1=O. The third-order valence-corrected chi connectivity index (χ3v) is 3.39. The van der Waals surface area contributed by atoms with Gasteiger partial charge in [-0.2, -0.15) is 0 Å². The molecule has 0 spiro atoms. The molecule has 1 unspecified atom stereocenters. The van der Waals surface area contributed by atoms with Crippen LogP contribution in [0.2, 0.25) is 0 Å². The first-order valence-electron chi connectivity index (χ1n) is 5.96. The molecule has 0 saturated heterocycles.